The van der Waals surface area contributed by atoms with Crippen molar-refractivity contribution in [3.63, 3.8) is 0 Å². The number of nitrogens with zero attached hydrogens (tertiary/aromatic N) is 1. The number of carboxylic acids is 1. The highest BCUT2D eigenvalue weighted by Crippen LogP contribution is 2.36. The van der Waals surface area contributed by atoms with E-state index in [1.165, 1.54) is 4.90 Å². The van der Waals surface area contributed by atoms with Crippen LogP contribution in [0.5, 0.6) is 0 Å². The van der Waals surface area contributed by atoms with E-state index in [1.54, 1.807) is 0 Å². The highest BCUT2D eigenvalue weighted by Gasteiger charge is 2.41. The van der Waals surface area contributed by atoms with E-state index in [4.69, 9.17) is 5.11 Å². The molecule has 1 aliphatic rings. The van der Waals surface area contributed by atoms with Gasteiger partial charge in [0.25, 0.3) is 0 Å². The topological polar surface area (TPSA) is 77.8 Å². The maximum Gasteiger partial charge on any atom is 0.407 e. The lowest BCUT2D eigenvalue weighted by molar-refractivity contribution is -0.152. The van der Waals surface area contributed by atoms with Crippen LogP contribution >= 0.6 is 15.9 Å². The zero-order valence-electron chi connectivity index (χ0n) is 8.99. The van der Waals surface area contributed by atoms with Gasteiger partial charge in [0.05, 0.1) is 5.41 Å². The van der Waals surface area contributed by atoms with Gasteiger partial charge in [0, 0.05) is 18.4 Å². The Morgan fingerprint density at radius 1 is 1.25 bits per heavy atom. The molecule has 1 saturated heterocycles. The molecule has 1 heterocycles. The van der Waals surface area contributed by atoms with Gasteiger partial charge in [-0.15, -0.1) is 0 Å². The van der Waals surface area contributed by atoms with Crippen LogP contribution in [0.4, 0.5) is 4.79 Å². The third kappa shape index (κ3) is 2.87. The van der Waals surface area contributed by atoms with Crippen LogP contribution in [-0.4, -0.2) is 45.6 Å². The molecule has 6 heteroatoms. The molecular formula is C10H16BrNO4. The lowest BCUT2D eigenvalue weighted by Crippen LogP contribution is -2.46. The number of alkyl halides is 1. The monoisotopic (exact) mass is 293 g/mol. The smallest absolute Gasteiger partial charge is 0.407 e. The Morgan fingerprint density at radius 3 is 2.19 bits per heavy atom. The van der Waals surface area contributed by atoms with Crippen molar-refractivity contribution in [2.45, 2.75) is 25.7 Å². The molecule has 1 aliphatic heterocycles. The van der Waals surface area contributed by atoms with Gasteiger partial charge >= 0.3 is 12.1 Å². The molecule has 0 atom stereocenters. The first-order valence-electron chi connectivity index (χ1n) is 5.29. The summed E-state index contributed by atoms with van der Waals surface area (Å²) in [6, 6.07) is 0. The van der Waals surface area contributed by atoms with Crippen LogP contribution in [0.25, 0.3) is 0 Å². The Bertz CT molecular complexity index is 274. The van der Waals surface area contributed by atoms with Crippen LogP contribution < -0.4 is 0 Å². The highest BCUT2D eigenvalue weighted by molar-refractivity contribution is 9.09. The average Bonchev–Trinajstić information content (AvgIpc) is 2.26. The molecule has 0 unspecified atom stereocenters. The summed E-state index contributed by atoms with van der Waals surface area (Å²) in [6.07, 6.45) is 1.29. The van der Waals surface area contributed by atoms with Gasteiger partial charge in [-0.25, -0.2) is 4.79 Å². The van der Waals surface area contributed by atoms with E-state index >= 15 is 0 Å². The molecule has 0 aliphatic carbocycles. The Balaban J connectivity index is 2.62. The third-order valence-corrected chi connectivity index (χ3v) is 3.79. The predicted molar refractivity (Wildman–Crippen MR) is 61.9 cm³/mol. The quantitative estimate of drug-likeness (QED) is 0.777. The number of hydrogen-bond acceptors (Lipinski definition) is 2. The van der Waals surface area contributed by atoms with Crippen molar-refractivity contribution in [2.24, 2.45) is 5.41 Å². The van der Waals surface area contributed by atoms with E-state index in [0.29, 0.717) is 32.4 Å². The lowest BCUT2D eigenvalue weighted by atomic mass is 9.75. The van der Waals surface area contributed by atoms with Crippen molar-refractivity contribution in [3.05, 3.63) is 0 Å². The van der Waals surface area contributed by atoms with Crippen LogP contribution in [0.2, 0.25) is 0 Å². The van der Waals surface area contributed by atoms with Gasteiger partial charge in [0.2, 0.25) is 0 Å². The number of halogens is 1. The zero-order chi connectivity index (χ0) is 12.2. The van der Waals surface area contributed by atoms with Crippen LogP contribution in [-0.2, 0) is 4.79 Å². The van der Waals surface area contributed by atoms with Gasteiger partial charge in [-0.3, -0.25) is 4.79 Å². The summed E-state index contributed by atoms with van der Waals surface area (Å²) in [5.74, 6) is -0.793. The van der Waals surface area contributed by atoms with Gasteiger partial charge in [-0.05, 0) is 25.7 Å². The Kier molecular flexibility index (Phi) is 4.58. The minimum atomic E-state index is -0.959. The van der Waals surface area contributed by atoms with Crippen LogP contribution in [0.15, 0.2) is 0 Å². The number of piperidine rings is 1. The van der Waals surface area contributed by atoms with Crippen LogP contribution in [0, 0.1) is 5.41 Å². The maximum absolute atomic E-state index is 11.3. The third-order valence-electron chi connectivity index (χ3n) is 3.23. The second kappa shape index (κ2) is 5.52. The van der Waals surface area contributed by atoms with Crippen LogP contribution in [0.1, 0.15) is 25.7 Å². The van der Waals surface area contributed by atoms with E-state index in [0.717, 1.165) is 11.8 Å². The number of rotatable bonds is 4. The predicted octanol–water partition coefficient (Wildman–Crippen LogP) is 2.01. The van der Waals surface area contributed by atoms with Crippen LogP contribution in [0.3, 0.4) is 0 Å². The number of carbonyl (C=O) groups is 2. The van der Waals surface area contributed by atoms with Crippen molar-refractivity contribution in [1.82, 2.24) is 4.90 Å². The fourth-order valence-corrected chi connectivity index (χ4v) is 2.38. The van der Waals surface area contributed by atoms with Crippen molar-refractivity contribution in [1.29, 1.82) is 0 Å². The number of carboxylic acid groups (broad SMARTS) is 2. The summed E-state index contributed by atoms with van der Waals surface area (Å²) in [4.78, 5) is 23.3. The second-order valence-electron chi connectivity index (χ2n) is 4.15. The van der Waals surface area contributed by atoms with E-state index < -0.39 is 17.5 Å². The van der Waals surface area contributed by atoms with Crippen molar-refractivity contribution in [2.75, 3.05) is 18.4 Å². The van der Waals surface area contributed by atoms with E-state index in [1.807, 2.05) is 0 Å². The van der Waals surface area contributed by atoms with Crippen molar-refractivity contribution in [3.8, 4) is 0 Å². The average molecular weight is 294 g/mol. The van der Waals surface area contributed by atoms with Gasteiger partial charge < -0.3 is 15.1 Å². The van der Waals surface area contributed by atoms with Gasteiger partial charge in [0.15, 0.2) is 0 Å². The summed E-state index contributed by atoms with van der Waals surface area (Å²) < 4.78 is 0. The fraction of sp³-hybridized carbons (Fsp3) is 0.800. The molecule has 0 aromatic rings. The number of hydrogen-bond donors (Lipinski definition) is 2. The molecule has 0 saturated carbocycles. The minimum Gasteiger partial charge on any atom is -0.481 e. The molecule has 1 rings (SSSR count). The molecule has 0 spiro atoms. The molecule has 92 valence electrons. The van der Waals surface area contributed by atoms with Gasteiger partial charge in [-0.2, -0.15) is 0 Å². The largest absolute Gasteiger partial charge is 0.481 e. The Labute approximate surface area is 103 Å². The standard InChI is InChI=1S/C10H16BrNO4/c11-5-1-2-10(8(13)14)3-6-12(7-4-10)9(15)16/h1-7H2,(H,13,14)(H,15,16). The van der Waals surface area contributed by atoms with E-state index in [9.17, 15) is 14.7 Å². The molecular weight excluding hydrogens is 278 g/mol. The maximum atomic E-state index is 11.3. The number of aliphatic carboxylic acids is 1. The molecule has 1 amide bonds. The molecule has 0 aromatic heterocycles. The summed E-state index contributed by atoms with van der Waals surface area (Å²) in [6.45, 7) is 0.647. The van der Waals surface area contributed by atoms with E-state index in [2.05, 4.69) is 15.9 Å². The molecule has 0 radical (unpaired) electrons. The molecule has 16 heavy (non-hydrogen) atoms. The number of likely N-dealkylation sites (tertiary alicyclic amines) is 1. The lowest BCUT2D eigenvalue weighted by Gasteiger charge is -2.37. The zero-order valence-corrected chi connectivity index (χ0v) is 10.6. The van der Waals surface area contributed by atoms with Crippen molar-refractivity contribution < 1.29 is 19.8 Å². The first-order chi connectivity index (χ1) is 7.52. The van der Waals surface area contributed by atoms with Gasteiger partial charge in [0.1, 0.15) is 0 Å². The fourth-order valence-electron chi connectivity index (χ4n) is 2.10. The second-order valence-corrected chi connectivity index (χ2v) is 4.94. The SMILES string of the molecule is O=C(O)N1CCC(CCCBr)(C(=O)O)CC1. The minimum absolute atomic E-state index is 0.323. The molecule has 1 fully saturated rings. The summed E-state index contributed by atoms with van der Waals surface area (Å²) >= 11 is 3.29. The van der Waals surface area contributed by atoms with Crippen molar-refractivity contribution >= 4 is 28.0 Å². The first-order valence-corrected chi connectivity index (χ1v) is 6.41. The summed E-state index contributed by atoms with van der Waals surface area (Å²) in [5.41, 5.74) is -0.723. The summed E-state index contributed by atoms with van der Waals surface area (Å²) in [5, 5.41) is 18.8. The molecule has 2 N–H and O–H groups in total. The van der Waals surface area contributed by atoms with E-state index in [-0.39, 0.29) is 0 Å². The molecule has 5 nitrogen and oxygen atoms in total. The Hall–Kier alpha value is -0.780. The first kappa shape index (κ1) is 13.3. The number of amides is 1. The Morgan fingerprint density at radius 2 is 1.81 bits per heavy atom. The molecule has 0 bridgehead atoms. The van der Waals surface area contributed by atoms with Gasteiger partial charge in [-0.1, -0.05) is 15.9 Å². The normalized spacial score (nSPS) is 19.4. The highest BCUT2D eigenvalue weighted by atomic mass is 79.9. The molecule has 0 aromatic carbocycles. The summed E-state index contributed by atoms with van der Waals surface area (Å²) in [7, 11) is 0.